The van der Waals surface area contributed by atoms with Gasteiger partial charge in [-0.1, -0.05) is 0 Å². The van der Waals surface area contributed by atoms with Crippen molar-refractivity contribution in [2.24, 2.45) is 0 Å². The Hall–Kier alpha value is -3.95. The molecule has 0 amide bonds. The number of hydrogen-bond acceptors (Lipinski definition) is 5. The Kier molecular flexibility index (Phi) is 5.67. The van der Waals surface area contributed by atoms with Crippen molar-refractivity contribution >= 4 is 11.7 Å². The van der Waals surface area contributed by atoms with Crippen LogP contribution in [0.25, 0.3) is 0 Å². The molecule has 0 unspecified atom stereocenters. The van der Waals surface area contributed by atoms with Gasteiger partial charge < -0.3 is 9.47 Å². The molecule has 0 aromatic heterocycles. The van der Waals surface area contributed by atoms with E-state index in [1.807, 2.05) is 0 Å². The fourth-order valence-electron chi connectivity index (χ4n) is 2.38. The van der Waals surface area contributed by atoms with Gasteiger partial charge in [0, 0.05) is 6.07 Å². The molecule has 6 nitrogen and oxygen atoms in total. The maximum Gasteiger partial charge on any atom is 0.416 e. The summed E-state index contributed by atoms with van der Waals surface area (Å²) >= 11 is 0. The highest BCUT2D eigenvalue weighted by Crippen LogP contribution is 2.37. The molecule has 0 N–H and O–H groups in total. The summed E-state index contributed by atoms with van der Waals surface area (Å²) in [5.74, 6) is -1.45. The number of nitrogens with zero attached hydrogens (tertiary/aromatic N) is 1. The van der Waals surface area contributed by atoms with E-state index in [2.05, 4.69) is 0 Å². The molecule has 3 aromatic carbocycles. The molecule has 0 radical (unpaired) electrons. The van der Waals surface area contributed by atoms with Gasteiger partial charge in [-0.25, -0.2) is 9.18 Å². The molecule has 0 bridgehead atoms. The number of carbonyl (C=O) groups excluding carboxylic acids is 1. The first-order valence-corrected chi connectivity index (χ1v) is 8.25. The molecule has 0 fully saturated rings. The van der Waals surface area contributed by atoms with Gasteiger partial charge in [0.2, 0.25) is 5.75 Å². The van der Waals surface area contributed by atoms with E-state index in [9.17, 15) is 32.5 Å². The average molecular weight is 421 g/mol. The predicted molar refractivity (Wildman–Crippen MR) is 96.0 cm³/mol. The highest BCUT2D eigenvalue weighted by atomic mass is 19.4. The lowest BCUT2D eigenvalue weighted by Gasteiger charge is -2.10. The van der Waals surface area contributed by atoms with Crippen molar-refractivity contribution in [3.8, 4) is 17.2 Å². The van der Waals surface area contributed by atoms with Crippen molar-refractivity contribution in [3.63, 3.8) is 0 Å². The lowest BCUT2D eigenvalue weighted by Crippen LogP contribution is -2.08. The first-order valence-electron chi connectivity index (χ1n) is 8.25. The van der Waals surface area contributed by atoms with Crippen molar-refractivity contribution in [2.75, 3.05) is 0 Å². The van der Waals surface area contributed by atoms with Crippen molar-refractivity contribution in [1.29, 1.82) is 0 Å². The summed E-state index contributed by atoms with van der Waals surface area (Å²) in [5.41, 5.74) is -1.93. The van der Waals surface area contributed by atoms with Crippen LogP contribution in [0.15, 0.2) is 66.7 Å². The first-order chi connectivity index (χ1) is 14.1. The number of halogens is 4. The Morgan fingerprint density at radius 2 is 1.50 bits per heavy atom. The Bertz CT molecular complexity index is 1080. The summed E-state index contributed by atoms with van der Waals surface area (Å²) in [5, 5.41) is 11.1. The second-order valence-corrected chi connectivity index (χ2v) is 5.91. The molecule has 0 aliphatic heterocycles. The minimum Gasteiger partial charge on any atom is -0.450 e. The van der Waals surface area contributed by atoms with Gasteiger partial charge in [-0.05, 0) is 60.7 Å². The van der Waals surface area contributed by atoms with Gasteiger partial charge in [-0.15, -0.1) is 0 Å². The number of ether oxygens (including phenoxy) is 2. The third kappa shape index (κ3) is 4.90. The molecular weight excluding hydrogens is 410 g/mol. The second kappa shape index (κ2) is 8.19. The van der Waals surface area contributed by atoms with Crippen LogP contribution in [-0.2, 0) is 6.18 Å². The molecule has 0 heterocycles. The van der Waals surface area contributed by atoms with E-state index in [0.29, 0.717) is 12.1 Å². The second-order valence-electron chi connectivity index (χ2n) is 5.91. The maximum atomic E-state index is 12.9. The lowest BCUT2D eigenvalue weighted by atomic mass is 10.1. The summed E-state index contributed by atoms with van der Waals surface area (Å²) in [6, 6.07) is 11.9. The minimum atomic E-state index is -4.74. The molecule has 0 saturated carbocycles. The number of hydrogen-bond donors (Lipinski definition) is 0. The zero-order chi connectivity index (χ0) is 21.9. The van der Waals surface area contributed by atoms with Gasteiger partial charge >= 0.3 is 17.8 Å². The number of rotatable bonds is 5. The molecule has 10 heteroatoms. The molecule has 0 aliphatic rings. The summed E-state index contributed by atoms with van der Waals surface area (Å²) in [4.78, 5) is 22.2. The number of nitro groups is 1. The van der Waals surface area contributed by atoms with Crippen LogP contribution in [-0.4, -0.2) is 10.9 Å². The van der Waals surface area contributed by atoms with Crippen molar-refractivity contribution in [1.82, 2.24) is 0 Å². The van der Waals surface area contributed by atoms with Gasteiger partial charge in [0.25, 0.3) is 0 Å². The fraction of sp³-hybridized carbons (Fsp3) is 0.0500. The molecule has 3 aromatic rings. The normalized spacial score (nSPS) is 11.1. The van der Waals surface area contributed by atoms with Crippen LogP contribution in [0, 0.1) is 15.9 Å². The summed E-state index contributed by atoms with van der Waals surface area (Å²) in [7, 11) is 0. The van der Waals surface area contributed by atoms with E-state index in [4.69, 9.17) is 9.47 Å². The number of carbonyl (C=O) groups is 1. The minimum absolute atomic E-state index is 0.0520. The van der Waals surface area contributed by atoms with E-state index in [-0.39, 0.29) is 17.1 Å². The Morgan fingerprint density at radius 3 is 2.07 bits per heavy atom. The molecule has 154 valence electrons. The Morgan fingerprint density at radius 1 is 0.900 bits per heavy atom. The number of alkyl halides is 3. The van der Waals surface area contributed by atoms with Crippen LogP contribution >= 0.6 is 0 Å². The van der Waals surface area contributed by atoms with Gasteiger partial charge in [-0.2, -0.15) is 13.2 Å². The van der Waals surface area contributed by atoms with Crippen LogP contribution < -0.4 is 9.47 Å². The number of benzene rings is 3. The summed E-state index contributed by atoms with van der Waals surface area (Å²) in [6.07, 6.45) is -4.74. The van der Waals surface area contributed by atoms with Crippen molar-refractivity contribution in [2.45, 2.75) is 6.18 Å². The van der Waals surface area contributed by atoms with Crippen LogP contribution in [0.4, 0.5) is 23.2 Å². The first kappa shape index (κ1) is 20.8. The molecule has 30 heavy (non-hydrogen) atoms. The smallest absolute Gasteiger partial charge is 0.416 e. The third-order valence-electron chi connectivity index (χ3n) is 3.82. The molecule has 3 rings (SSSR count). The van der Waals surface area contributed by atoms with Gasteiger partial charge in [-0.3, -0.25) is 10.1 Å². The Labute approximate surface area is 166 Å². The van der Waals surface area contributed by atoms with Crippen LogP contribution in [0.3, 0.4) is 0 Å². The van der Waals surface area contributed by atoms with Crippen LogP contribution in [0.1, 0.15) is 15.9 Å². The molecule has 0 aliphatic carbocycles. The Balaban J connectivity index is 1.76. The lowest BCUT2D eigenvalue weighted by molar-refractivity contribution is -0.385. The van der Waals surface area contributed by atoms with Crippen molar-refractivity contribution < 1.29 is 36.8 Å². The molecular formula is C20H11F4NO5. The van der Waals surface area contributed by atoms with E-state index >= 15 is 0 Å². The molecule has 0 spiro atoms. The van der Waals surface area contributed by atoms with E-state index in [0.717, 1.165) is 18.2 Å². The standard InChI is InChI=1S/C20H11F4NO5/c21-14-4-8-16(9-5-14)30-19(26)12-1-6-15(7-2-12)29-18-10-3-13(20(22,23)24)11-17(18)25(27)28/h1-11H. The monoisotopic (exact) mass is 421 g/mol. The SMILES string of the molecule is O=C(Oc1ccc(F)cc1)c1ccc(Oc2ccc(C(F)(F)F)cc2[N+](=O)[O-])cc1. The highest BCUT2D eigenvalue weighted by molar-refractivity contribution is 5.91. The molecule has 0 saturated heterocycles. The largest absolute Gasteiger partial charge is 0.450 e. The van der Waals surface area contributed by atoms with Gasteiger partial charge in [0.1, 0.15) is 17.3 Å². The van der Waals surface area contributed by atoms with Gasteiger partial charge in [0.05, 0.1) is 16.1 Å². The average Bonchev–Trinajstić information content (AvgIpc) is 2.69. The van der Waals surface area contributed by atoms with Crippen LogP contribution in [0.5, 0.6) is 17.2 Å². The zero-order valence-electron chi connectivity index (χ0n) is 14.9. The zero-order valence-corrected chi connectivity index (χ0v) is 14.9. The quantitative estimate of drug-likeness (QED) is 0.172. The predicted octanol–water partition coefficient (Wildman–Crippen LogP) is 5.76. The van der Waals surface area contributed by atoms with E-state index in [1.165, 1.54) is 36.4 Å². The maximum absolute atomic E-state index is 12.9. The number of esters is 1. The fourth-order valence-corrected chi connectivity index (χ4v) is 2.38. The summed E-state index contributed by atoms with van der Waals surface area (Å²) < 4.78 is 61.5. The summed E-state index contributed by atoms with van der Waals surface area (Å²) in [6.45, 7) is 0. The highest BCUT2D eigenvalue weighted by Gasteiger charge is 2.33. The van der Waals surface area contributed by atoms with Crippen LogP contribution in [0.2, 0.25) is 0 Å². The number of nitro benzene ring substituents is 1. The van der Waals surface area contributed by atoms with Gasteiger partial charge in [0.15, 0.2) is 0 Å². The van der Waals surface area contributed by atoms with E-state index < -0.39 is 39.9 Å². The third-order valence-corrected chi connectivity index (χ3v) is 3.82. The topological polar surface area (TPSA) is 78.7 Å². The van der Waals surface area contributed by atoms with Crippen molar-refractivity contribution in [3.05, 3.63) is 93.8 Å². The van der Waals surface area contributed by atoms with E-state index in [1.54, 1.807) is 0 Å². The molecule has 0 atom stereocenters.